The van der Waals surface area contributed by atoms with Gasteiger partial charge in [0, 0.05) is 17.1 Å². The maximum Gasteiger partial charge on any atom is 0.126 e. The maximum atomic E-state index is 13.2. The fraction of sp³-hybridized carbons (Fsp3) is 0.250. The molecule has 0 aromatic heterocycles. The van der Waals surface area contributed by atoms with Gasteiger partial charge in [0.25, 0.3) is 0 Å². The van der Waals surface area contributed by atoms with E-state index in [1.165, 1.54) is 23.3 Å². The minimum Gasteiger partial charge on any atom is -0.488 e. The predicted molar refractivity (Wildman–Crippen MR) is 79.2 cm³/mol. The van der Waals surface area contributed by atoms with Crippen molar-refractivity contribution >= 4 is 17.3 Å². The Labute approximate surface area is 122 Å². The van der Waals surface area contributed by atoms with Crippen molar-refractivity contribution in [3.63, 3.8) is 0 Å². The zero-order valence-corrected chi connectivity index (χ0v) is 11.9. The molecule has 104 valence electrons. The molecule has 4 heteroatoms. The summed E-state index contributed by atoms with van der Waals surface area (Å²) in [4.78, 5) is 0. The SMILES string of the molecule is Cc1ccc2c(c1)CC(CNc1cc(F)cc(Cl)c1)O2. The molecule has 1 atom stereocenters. The second kappa shape index (κ2) is 5.33. The van der Waals surface area contributed by atoms with Crippen molar-refractivity contribution < 1.29 is 9.13 Å². The zero-order chi connectivity index (χ0) is 14.1. The van der Waals surface area contributed by atoms with Gasteiger partial charge < -0.3 is 10.1 Å². The zero-order valence-electron chi connectivity index (χ0n) is 11.1. The second-order valence-electron chi connectivity index (χ2n) is 5.09. The second-order valence-corrected chi connectivity index (χ2v) is 5.53. The lowest BCUT2D eigenvalue weighted by molar-refractivity contribution is 0.246. The Morgan fingerprint density at radius 1 is 1.30 bits per heavy atom. The lowest BCUT2D eigenvalue weighted by Gasteiger charge is -2.13. The van der Waals surface area contributed by atoms with Crippen LogP contribution in [0.2, 0.25) is 5.02 Å². The molecule has 20 heavy (non-hydrogen) atoms. The van der Waals surface area contributed by atoms with Crippen molar-refractivity contribution in [1.29, 1.82) is 0 Å². The Hall–Kier alpha value is -1.74. The van der Waals surface area contributed by atoms with E-state index in [4.69, 9.17) is 16.3 Å². The molecular weight excluding hydrogens is 277 g/mol. The van der Waals surface area contributed by atoms with Gasteiger partial charge in [-0.3, -0.25) is 0 Å². The number of hydrogen-bond donors (Lipinski definition) is 1. The highest BCUT2D eigenvalue weighted by Gasteiger charge is 2.22. The lowest BCUT2D eigenvalue weighted by Crippen LogP contribution is -2.23. The summed E-state index contributed by atoms with van der Waals surface area (Å²) in [6.45, 7) is 2.69. The van der Waals surface area contributed by atoms with Crippen molar-refractivity contribution in [2.75, 3.05) is 11.9 Å². The molecule has 0 amide bonds. The van der Waals surface area contributed by atoms with Gasteiger partial charge in [0.2, 0.25) is 0 Å². The molecule has 0 spiro atoms. The lowest BCUT2D eigenvalue weighted by atomic mass is 10.1. The Morgan fingerprint density at radius 3 is 2.95 bits per heavy atom. The number of nitrogens with one attached hydrogen (secondary N) is 1. The van der Waals surface area contributed by atoms with Crippen LogP contribution in [0.1, 0.15) is 11.1 Å². The van der Waals surface area contributed by atoms with Crippen molar-refractivity contribution in [1.82, 2.24) is 0 Å². The summed E-state index contributed by atoms with van der Waals surface area (Å²) in [5, 5.41) is 3.56. The van der Waals surface area contributed by atoms with Crippen molar-refractivity contribution in [3.05, 3.63) is 58.4 Å². The standard InChI is InChI=1S/C16H15ClFNO/c1-10-2-3-16-11(4-10)5-15(20-16)9-19-14-7-12(17)6-13(18)8-14/h2-4,6-8,15,19H,5,9H2,1H3. The topological polar surface area (TPSA) is 21.3 Å². The van der Waals surface area contributed by atoms with Crippen molar-refractivity contribution in [2.24, 2.45) is 0 Å². The molecule has 0 radical (unpaired) electrons. The van der Waals surface area contributed by atoms with E-state index in [2.05, 4.69) is 18.3 Å². The molecule has 0 bridgehead atoms. The van der Waals surface area contributed by atoms with Gasteiger partial charge in [-0.25, -0.2) is 4.39 Å². The smallest absolute Gasteiger partial charge is 0.126 e. The largest absolute Gasteiger partial charge is 0.488 e. The molecule has 0 saturated carbocycles. The number of ether oxygens (including phenoxy) is 1. The minimum atomic E-state index is -0.341. The van der Waals surface area contributed by atoms with Crippen LogP contribution in [0.4, 0.5) is 10.1 Å². The normalized spacial score (nSPS) is 16.6. The summed E-state index contributed by atoms with van der Waals surface area (Å²) in [6.07, 6.45) is 0.932. The first kappa shape index (κ1) is 13.3. The van der Waals surface area contributed by atoms with Gasteiger partial charge in [-0.1, -0.05) is 29.3 Å². The maximum absolute atomic E-state index is 13.2. The fourth-order valence-corrected chi connectivity index (χ4v) is 2.67. The van der Waals surface area contributed by atoms with Crippen LogP contribution in [0.25, 0.3) is 0 Å². The number of aryl methyl sites for hydroxylation is 1. The Kier molecular flexibility index (Phi) is 3.53. The van der Waals surface area contributed by atoms with E-state index in [0.717, 1.165) is 12.2 Å². The molecule has 2 aromatic carbocycles. The summed E-state index contributed by atoms with van der Waals surface area (Å²) in [7, 11) is 0. The van der Waals surface area contributed by atoms with Gasteiger partial charge in [-0.15, -0.1) is 0 Å². The fourth-order valence-electron chi connectivity index (χ4n) is 2.45. The van der Waals surface area contributed by atoms with E-state index in [-0.39, 0.29) is 11.9 Å². The summed E-state index contributed by atoms with van der Waals surface area (Å²) in [5.74, 6) is 0.603. The summed E-state index contributed by atoms with van der Waals surface area (Å²) < 4.78 is 19.1. The van der Waals surface area contributed by atoms with E-state index in [1.807, 2.05) is 12.1 Å². The van der Waals surface area contributed by atoms with Crippen LogP contribution >= 0.6 is 11.6 Å². The van der Waals surface area contributed by atoms with E-state index in [1.54, 1.807) is 6.07 Å². The molecule has 0 aliphatic carbocycles. The van der Waals surface area contributed by atoms with Crippen LogP contribution in [0.3, 0.4) is 0 Å². The average Bonchev–Trinajstić information content (AvgIpc) is 2.77. The minimum absolute atomic E-state index is 0.0637. The first-order chi connectivity index (χ1) is 9.60. The number of rotatable bonds is 3. The van der Waals surface area contributed by atoms with Crippen LogP contribution in [0.5, 0.6) is 5.75 Å². The van der Waals surface area contributed by atoms with Gasteiger partial charge >= 0.3 is 0 Å². The molecule has 2 nitrogen and oxygen atoms in total. The first-order valence-corrected chi connectivity index (χ1v) is 6.94. The van der Waals surface area contributed by atoms with Crippen LogP contribution in [0.15, 0.2) is 36.4 Å². The van der Waals surface area contributed by atoms with Crippen molar-refractivity contribution in [2.45, 2.75) is 19.4 Å². The molecule has 1 unspecified atom stereocenters. The van der Waals surface area contributed by atoms with E-state index in [0.29, 0.717) is 17.3 Å². The van der Waals surface area contributed by atoms with Crippen molar-refractivity contribution in [3.8, 4) is 5.75 Å². The third-order valence-electron chi connectivity index (χ3n) is 3.35. The summed E-state index contributed by atoms with van der Waals surface area (Å²) in [6, 6.07) is 10.6. The first-order valence-electron chi connectivity index (χ1n) is 6.56. The molecule has 1 aliphatic rings. The predicted octanol–water partition coefficient (Wildman–Crippen LogP) is 4.20. The van der Waals surface area contributed by atoms with Gasteiger partial charge in [-0.05, 0) is 36.8 Å². The summed E-state index contributed by atoms with van der Waals surface area (Å²) >= 11 is 5.82. The number of hydrogen-bond acceptors (Lipinski definition) is 2. The molecule has 0 fully saturated rings. The highest BCUT2D eigenvalue weighted by atomic mass is 35.5. The quantitative estimate of drug-likeness (QED) is 0.915. The molecule has 1 N–H and O–H groups in total. The number of fused-ring (bicyclic) bond motifs is 1. The highest BCUT2D eigenvalue weighted by molar-refractivity contribution is 6.30. The van der Waals surface area contributed by atoms with E-state index < -0.39 is 0 Å². The van der Waals surface area contributed by atoms with Gasteiger partial charge in [0.1, 0.15) is 17.7 Å². The van der Waals surface area contributed by atoms with Crippen LogP contribution < -0.4 is 10.1 Å². The number of anilines is 1. The Bertz CT molecular complexity index is 624. The molecule has 3 rings (SSSR count). The monoisotopic (exact) mass is 291 g/mol. The molecule has 1 aliphatic heterocycles. The van der Waals surface area contributed by atoms with Crippen LogP contribution in [-0.4, -0.2) is 12.6 Å². The Balaban J connectivity index is 1.63. The third kappa shape index (κ3) is 2.88. The molecule has 2 aromatic rings. The highest BCUT2D eigenvalue weighted by Crippen LogP contribution is 2.29. The van der Waals surface area contributed by atoms with Crippen LogP contribution in [-0.2, 0) is 6.42 Å². The average molecular weight is 292 g/mol. The van der Waals surface area contributed by atoms with Gasteiger partial charge in [-0.2, -0.15) is 0 Å². The number of halogens is 2. The van der Waals surface area contributed by atoms with Crippen LogP contribution in [0, 0.1) is 12.7 Å². The van der Waals surface area contributed by atoms with E-state index in [9.17, 15) is 4.39 Å². The van der Waals surface area contributed by atoms with E-state index >= 15 is 0 Å². The molecular formula is C16H15ClFNO. The Morgan fingerprint density at radius 2 is 2.15 bits per heavy atom. The molecule has 1 heterocycles. The van der Waals surface area contributed by atoms with Gasteiger partial charge in [0.05, 0.1) is 6.54 Å². The number of benzene rings is 2. The van der Waals surface area contributed by atoms with Gasteiger partial charge in [0.15, 0.2) is 0 Å². The summed E-state index contributed by atoms with van der Waals surface area (Å²) in [5.41, 5.74) is 3.14. The molecule has 0 saturated heterocycles. The third-order valence-corrected chi connectivity index (χ3v) is 3.57.